The Hall–Kier alpha value is -1.95. The highest BCUT2D eigenvalue weighted by Gasteiger charge is 2.28. The van der Waals surface area contributed by atoms with E-state index >= 15 is 0 Å². The summed E-state index contributed by atoms with van der Waals surface area (Å²) in [5.74, 6) is -0.114. The molecule has 1 aliphatic heterocycles. The highest BCUT2D eigenvalue weighted by Crippen LogP contribution is 2.20. The van der Waals surface area contributed by atoms with Crippen molar-refractivity contribution in [3.63, 3.8) is 0 Å². The lowest BCUT2D eigenvalue weighted by atomic mass is 10.0. The van der Waals surface area contributed by atoms with Crippen LogP contribution in [0.25, 0.3) is 5.65 Å². The zero-order chi connectivity index (χ0) is 16.6. The van der Waals surface area contributed by atoms with Gasteiger partial charge in [0, 0.05) is 18.0 Å². The second kappa shape index (κ2) is 6.28. The molecule has 3 heterocycles. The van der Waals surface area contributed by atoms with Gasteiger partial charge >= 0.3 is 0 Å². The quantitative estimate of drug-likeness (QED) is 0.940. The number of hydrogen-bond acceptors (Lipinski definition) is 4. The van der Waals surface area contributed by atoms with Gasteiger partial charge in [-0.1, -0.05) is 6.92 Å². The molecule has 23 heavy (non-hydrogen) atoms. The first-order chi connectivity index (χ1) is 11.0. The van der Waals surface area contributed by atoms with Gasteiger partial charge in [0.25, 0.3) is 5.91 Å². The van der Waals surface area contributed by atoms with Crippen molar-refractivity contribution >= 4 is 11.6 Å². The van der Waals surface area contributed by atoms with Gasteiger partial charge in [0.2, 0.25) is 0 Å². The van der Waals surface area contributed by atoms with Crippen molar-refractivity contribution in [1.29, 1.82) is 0 Å². The van der Waals surface area contributed by atoms with Crippen molar-refractivity contribution in [2.45, 2.75) is 59.1 Å². The molecule has 0 aromatic carbocycles. The maximum absolute atomic E-state index is 12.8. The van der Waals surface area contributed by atoms with Crippen LogP contribution in [0.4, 0.5) is 0 Å². The number of rotatable bonds is 4. The molecule has 1 saturated heterocycles. The molecule has 1 fully saturated rings. The van der Waals surface area contributed by atoms with Crippen LogP contribution in [0.5, 0.6) is 0 Å². The normalized spacial score (nSPS) is 19.2. The molecule has 6 nitrogen and oxygen atoms in total. The van der Waals surface area contributed by atoms with Crippen molar-refractivity contribution in [3.05, 3.63) is 28.7 Å². The predicted molar refractivity (Wildman–Crippen MR) is 87.7 cm³/mol. The first kappa shape index (κ1) is 15.9. The van der Waals surface area contributed by atoms with Crippen LogP contribution in [-0.2, 0) is 4.74 Å². The van der Waals surface area contributed by atoms with Gasteiger partial charge in [-0.2, -0.15) is 5.10 Å². The molecule has 1 aliphatic rings. The van der Waals surface area contributed by atoms with Crippen LogP contribution in [0, 0.1) is 20.8 Å². The summed E-state index contributed by atoms with van der Waals surface area (Å²) >= 11 is 0. The molecule has 0 spiro atoms. The zero-order valence-electron chi connectivity index (χ0n) is 14.2. The summed E-state index contributed by atoms with van der Waals surface area (Å²) in [6.07, 6.45) is 3.03. The SMILES string of the molecule is CC[C@H](NC(=O)c1c(C)nn2c(C)cc(C)nc12)[C@@H]1CCCO1. The average Bonchev–Trinajstić information content (AvgIpc) is 3.12. The summed E-state index contributed by atoms with van der Waals surface area (Å²) in [6, 6.07) is 1.99. The molecule has 2 aromatic heterocycles. The van der Waals surface area contributed by atoms with E-state index in [2.05, 4.69) is 22.3 Å². The van der Waals surface area contributed by atoms with Crippen LogP contribution in [0.2, 0.25) is 0 Å². The van der Waals surface area contributed by atoms with E-state index in [1.807, 2.05) is 26.8 Å². The molecular formula is C17H24N4O2. The summed E-state index contributed by atoms with van der Waals surface area (Å²) in [6.45, 7) is 8.61. The number of ether oxygens (including phenoxy) is 1. The Morgan fingerprint density at radius 1 is 1.48 bits per heavy atom. The predicted octanol–water partition coefficient (Wildman–Crippen LogP) is 2.34. The van der Waals surface area contributed by atoms with E-state index in [0.29, 0.717) is 16.9 Å². The third-order valence-corrected chi connectivity index (χ3v) is 4.47. The number of carbonyl (C=O) groups excluding carboxylic acids is 1. The average molecular weight is 316 g/mol. The van der Waals surface area contributed by atoms with Crippen LogP contribution in [0.3, 0.4) is 0 Å². The lowest BCUT2D eigenvalue weighted by Crippen LogP contribution is -2.42. The summed E-state index contributed by atoms with van der Waals surface area (Å²) in [5.41, 5.74) is 3.75. The van der Waals surface area contributed by atoms with E-state index in [4.69, 9.17) is 4.74 Å². The largest absolute Gasteiger partial charge is 0.376 e. The number of carbonyl (C=O) groups is 1. The second-order valence-corrected chi connectivity index (χ2v) is 6.27. The third-order valence-electron chi connectivity index (χ3n) is 4.47. The highest BCUT2D eigenvalue weighted by atomic mass is 16.5. The van der Waals surface area contributed by atoms with Crippen molar-refractivity contribution < 1.29 is 9.53 Å². The van der Waals surface area contributed by atoms with Crippen molar-refractivity contribution in [1.82, 2.24) is 19.9 Å². The molecule has 124 valence electrons. The number of aryl methyl sites for hydroxylation is 3. The van der Waals surface area contributed by atoms with Crippen molar-refractivity contribution in [3.8, 4) is 0 Å². The monoisotopic (exact) mass is 316 g/mol. The van der Waals surface area contributed by atoms with Gasteiger partial charge < -0.3 is 10.1 Å². The molecule has 0 radical (unpaired) electrons. The summed E-state index contributed by atoms with van der Waals surface area (Å²) in [5, 5.41) is 7.59. The molecule has 1 amide bonds. The minimum atomic E-state index is -0.114. The van der Waals surface area contributed by atoms with E-state index in [9.17, 15) is 4.79 Å². The van der Waals surface area contributed by atoms with Crippen molar-refractivity contribution in [2.75, 3.05) is 6.61 Å². The molecule has 0 bridgehead atoms. The van der Waals surface area contributed by atoms with E-state index in [-0.39, 0.29) is 18.1 Å². The summed E-state index contributed by atoms with van der Waals surface area (Å²) in [4.78, 5) is 17.3. The highest BCUT2D eigenvalue weighted by molar-refractivity contribution is 6.01. The molecule has 0 unspecified atom stereocenters. The zero-order valence-corrected chi connectivity index (χ0v) is 14.2. The molecule has 1 N–H and O–H groups in total. The van der Waals surface area contributed by atoms with Crippen LogP contribution in [-0.4, -0.2) is 39.3 Å². The molecule has 0 aliphatic carbocycles. The molecule has 6 heteroatoms. The fourth-order valence-corrected chi connectivity index (χ4v) is 3.31. The molecular weight excluding hydrogens is 292 g/mol. The topological polar surface area (TPSA) is 68.5 Å². The summed E-state index contributed by atoms with van der Waals surface area (Å²) < 4.78 is 7.47. The Labute approximate surface area is 136 Å². The fraction of sp³-hybridized carbons (Fsp3) is 0.588. The Morgan fingerprint density at radius 3 is 2.91 bits per heavy atom. The third kappa shape index (κ3) is 2.95. The Kier molecular flexibility index (Phi) is 4.35. The first-order valence-electron chi connectivity index (χ1n) is 8.27. The van der Waals surface area contributed by atoms with Crippen LogP contribution in [0.1, 0.15) is 53.6 Å². The molecule has 0 saturated carbocycles. The van der Waals surface area contributed by atoms with E-state index in [0.717, 1.165) is 37.3 Å². The smallest absolute Gasteiger partial charge is 0.257 e. The van der Waals surface area contributed by atoms with Crippen LogP contribution >= 0.6 is 0 Å². The Balaban J connectivity index is 1.92. The van der Waals surface area contributed by atoms with Gasteiger partial charge in [-0.3, -0.25) is 4.79 Å². The van der Waals surface area contributed by atoms with Crippen molar-refractivity contribution in [2.24, 2.45) is 0 Å². The van der Waals surface area contributed by atoms with Crippen LogP contribution in [0.15, 0.2) is 6.07 Å². The molecule has 2 atom stereocenters. The number of nitrogens with zero attached hydrogens (tertiary/aromatic N) is 3. The number of aromatic nitrogens is 3. The summed E-state index contributed by atoms with van der Waals surface area (Å²) in [7, 11) is 0. The lowest BCUT2D eigenvalue weighted by molar-refractivity contribution is 0.0666. The Morgan fingerprint density at radius 2 is 2.26 bits per heavy atom. The molecule has 3 rings (SSSR count). The fourth-order valence-electron chi connectivity index (χ4n) is 3.31. The number of nitrogens with one attached hydrogen (secondary N) is 1. The van der Waals surface area contributed by atoms with Gasteiger partial charge in [-0.05, 0) is 46.1 Å². The lowest BCUT2D eigenvalue weighted by Gasteiger charge is -2.22. The maximum atomic E-state index is 12.8. The van der Waals surface area contributed by atoms with Gasteiger partial charge in [0.1, 0.15) is 5.56 Å². The maximum Gasteiger partial charge on any atom is 0.257 e. The number of fused-ring (bicyclic) bond motifs is 1. The standard InChI is InChI=1S/C17H24N4O2/c1-5-13(14-7-6-8-23-14)19-17(22)15-12(4)20-21-11(3)9-10(2)18-16(15)21/h9,13-14H,5-8H2,1-4H3,(H,19,22)/t13-,14-/m0/s1. The van der Waals surface area contributed by atoms with E-state index < -0.39 is 0 Å². The number of hydrogen-bond donors (Lipinski definition) is 1. The van der Waals surface area contributed by atoms with E-state index in [1.165, 1.54) is 0 Å². The molecule has 2 aromatic rings. The minimum Gasteiger partial charge on any atom is -0.376 e. The van der Waals surface area contributed by atoms with Gasteiger partial charge in [0.05, 0.1) is 17.8 Å². The number of amides is 1. The Bertz CT molecular complexity index is 732. The minimum absolute atomic E-state index is 0.0326. The first-order valence-corrected chi connectivity index (χ1v) is 8.27. The van der Waals surface area contributed by atoms with Gasteiger partial charge in [-0.15, -0.1) is 0 Å². The van der Waals surface area contributed by atoms with Crippen LogP contribution < -0.4 is 5.32 Å². The van der Waals surface area contributed by atoms with Gasteiger partial charge in [0.15, 0.2) is 5.65 Å². The van der Waals surface area contributed by atoms with Gasteiger partial charge in [-0.25, -0.2) is 9.50 Å². The van der Waals surface area contributed by atoms with E-state index in [1.54, 1.807) is 4.52 Å². The second-order valence-electron chi connectivity index (χ2n) is 6.27.